The molecular weight excluding hydrogens is 461 g/mol. The number of H-pyrrole nitrogens is 1. The van der Waals surface area contributed by atoms with Crippen LogP contribution in [0.5, 0.6) is 0 Å². The van der Waals surface area contributed by atoms with Crippen molar-refractivity contribution in [3.63, 3.8) is 0 Å². The number of halogens is 2. The summed E-state index contributed by atoms with van der Waals surface area (Å²) >= 11 is 6.47. The van der Waals surface area contributed by atoms with Gasteiger partial charge < -0.3 is 10.2 Å². The number of guanidine groups is 1. The van der Waals surface area contributed by atoms with Crippen LogP contribution in [0.2, 0.25) is 0 Å². The van der Waals surface area contributed by atoms with E-state index in [1.807, 2.05) is 16.0 Å². The van der Waals surface area contributed by atoms with Gasteiger partial charge in [-0.25, -0.2) is 9.98 Å². The summed E-state index contributed by atoms with van der Waals surface area (Å²) in [6.45, 7) is 1.21. The monoisotopic (exact) mass is 483 g/mol. The average molecular weight is 484 g/mol. The molecule has 176 valence electrons. The van der Waals surface area contributed by atoms with Gasteiger partial charge in [0, 0.05) is 30.8 Å². The Morgan fingerprint density at radius 3 is 3.00 bits per heavy atom. The van der Waals surface area contributed by atoms with E-state index in [4.69, 9.17) is 21.6 Å². The number of likely N-dealkylation sites (tertiary alicyclic amines) is 1. The summed E-state index contributed by atoms with van der Waals surface area (Å²) in [6.07, 6.45) is 7.03. The number of nitrogens with zero attached hydrogens (tertiary/aromatic N) is 6. The molecule has 6 rings (SSSR count). The summed E-state index contributed by atoms with van der Waals surface area (Å²) in [6, 6.07) is 4.09. The second-order valence-corrected chi connectivity index (χ2v) is 9.45. The highest BCUT2D eigenvalue weighted by molar-refractivity contribution is 6.21. The van der Waals surface area contributed by atoms with Crippen LogP contribution in [0.1, 0.15) is 37.3 Å². The maximum Gasteiger partial charge on any atom is 0.247 e. The minimum absolute atomic E-state index is 0.227. The molecule has 2 atom stereocenters. The Kier molecular flexibility index (Phi) is 5.20. The maximum atomic E-state index is 13.1. The molecular formula is C22H23ClFN9O. The second-order valence-electron chi connectivity index (χ2n) is 8.83. The summed E-state index contributed by atoms with van der Waals surface area (Å²) in [4.78, 5) is 28.0. The van der Waals surface area contributed by atoms with Gasteiger partial charge in [0.1, 0.15) is 6.04 Å². The number of hydrazine groups is 1. The van der Waals surface area contributed by atoms with Crippen molar-refractivity contribution in [1.82, 2.24) is 30.5 Å². The standard InChI is InChI=1S/C22H23ClFN9O/c23-13-8-17(21(34)26-14-5-6-18(24)25-10-14)32(11-13)22-28-20(16-2-1-7-33(16)31-22)27-19-9-15(29-30-19)12-3-4-12/h2,5-6,9-10,12-13,17H,1,3-4,7-8,11H2,(H,26,34)(H2,27,28,29,30,31)/t13-,17+/m1/s1. The van der Waals surface area contributed by atoms with Crippen molar-refractivity contribution in [2.24, 2.45) is 9.98 Å². The van der Waals surface area contributed by atoms with Crippen LogP contribution in [0.4, 0.5) is 15.9 Å². The van der Waals surface area contributed by atoms with Crippen molar-refractivity contribution >= 4 is 40.8 Å². The molecule has 1 saturated heterocycles. The third-order valence-corrected chi connectivity index (χ3v) is 6.61. The summed E-state index contributed by atoms with van der Waals surface area (Å²) in [7, 11) is 0. The minimum atomic E-state index is -0.607. The first-order valence-corrected chi connectivity index (χ1v) is 11.8. The van der Waals surface area contributed by atoms with E-state index in [-0.39, 0.29) is 11.3 Å². The number of pyridine rings is 1. The number of rotatable bonds is 4. The SMILES string of the molecule is O=C(Nc1ccc(F)nc1)[C@@H]1C[C@@H](Cl)CN1C1=NC(=Nc2cc(C3CC3)[nH]n2)C2=CCCN2N1. The van der Waals surface area contributed by atoms with E-state index in [1.54, 1.807) is 0 Å². The molecule has 2 aromatic rings. The molecule has 0 unspecified atom stereocenters. The number of aromatic amines is 1. The molecule has 3 N–H and O–H groups in total. The fourth-order valence-electron chi connectivity index (χ4n) is 4.44. The van der Waals surface area contributed by atoms with Crippen molar-refractivity contribution in [1.29, 1.82) is 0 Å². The second kappa shape index (κ2) is 8.39. The minimum Gasteiger partial charge on any atom is -0.328 e. The van der Waals surface area contributed by atoms with E-state index in [0.717, 1.165) is 24.4 Å². The molecule has 34 heavy (non-hydrogen) atoms. The van der Waals surface area contributed by atoms with Crippen LogP contribution >= 0.6 is 11.6 Å². The van der Waals surface area contributed by atoms with E-state index >= 15 is 0 Å². The summed E-state index contributed by atoms with van der Waals surface area (Å²) in [5.74, 6) is 1.32. The van der Waals surface area contributed by atoms with Crippen molar-refractivity contribution in [3.8, 4) is 0 Å². The van der Waals surface area contributed by atoms with Crippen molar-refractivity contribution in [2.75, 3.05) is 18.4 Å². The zero-order valence-corrected chi connectivity index (χ0v) is 19.0. The molecule has 0 aromatic carbocycles. The fraction of sp³-hybridized carbons (Fsp3) is 0.409. The molecule has 1 amide bonds. The number of nitrogens with one attached hydrogen (secondary N) is 3. The number of alkyl halides is 1. The zero-order valence-electron chi connectivity index (χ0n) is 18.2. The summed E-state index contributed by atoms with van der Waals surface area (Å²) in [5.41, 5.74) is 5.72. The molecule has 2 fully saturated rings. The van der Waals surface area contributed by atoms with Crippen LogP contribution in [0.3, 0.4) is 0 Å². The quantitative estimate of drug-likeness (QED) is 0.455. The van der Waals surface area contributed by atoms with Crippen LogP contribution in [0.15, 0.2) is 46.2 Å². The Hall–Kier alpha value is -3.47. The first-order chi connectivity index (χ1) is 16.5. The van der Waals surface area contributed by atoms with Gasteiger partial charge in [0.2, 0.25) is 17.8 Å². The number of amides is 1. The molecule has 2 aromatic heterocycles. The third kappa shape index (κ3) is 4.11. The normalized spacial score (nSPS) is 25.2. The molecule has 10 nitrogen and oxygen atoms in total. The first kappa shape index (κ1) is 21.1. The number of aliphatic imine (C=N–C) groups is 2. The molecule has 5 heterocycles. The number of aromatic nitrogens is 3. The van der Waals surface area contributed by atoms with Crippen LogP contribution in [0.25, 0.3) is 0 Å². The maximum absolute atomic E-state index is 13.1. The van der Waals surface area contributed by atoms with Gasteiger partial charge in [-0.05, 0) is 37.8 Å². The van der Waals surface area contributed by atoms with Crippen molar-refractivity contribution in [3.05, 3.63) is 47.8 Å². The first-order valence-electron chi connectivity index (χ1n) is 11.3. The van der Waals surface area contributed by atoms with Gasteiger partial charge in [-0.1, -0.05) is 6.08 Å². The lowest BCUT2D eigenvalue weighted by Crippen LogP contribution is -2.56. The predicted octanol–water partition coefficient (Wildman–Crippen LogP) is 2.64. The van der Waals surface area contributed by atoms with E-state index < -0.39 is 12.0 Å². The smallest absolute Gasteiger partial charge is 0.247 e. The van der Waals surface area contributed by atoms with E-state index in [9.17, 15) is 9.18 Å². The highest BCUT2D eigenvalue weighted by Crippen LogP contribution is 2.40. The van der Waals surface area contributed by atoms with Crippen LogP contribution in [-0.2, 0) is 4.79 Å². The summed E-state index contributed by atoms with van der Waals surface area (Å²) < 4.78 is 13.1. The predicted molar refractivity (Wildman–Crippen MR) is 125 cm³/mol. The van der Waals surface area contributed by atoms with Gasteiger partial charge in [0.25, 0.3) is 0 Å². The number of hydrogen-bond acceptors (Lipinski definition) is 7. The lowest BCUT2D eigenvalue weighted by Gasteiger charge is -2.35. The number of fused-ring (bicyclic) bond motifs is 1. The molecule has 1 aliphatic carbocycles. The van der Waals surface area contributed by atoms with Gasteiger partial charge in [-0.2, -0.15) is 14.5 Å². The molecule has 0 radical (unpaired) electrons. The van der Waals surface area contributed by atoms with Gasteiger partial charge in [0.05, 0.1) is 23.0 Å². The Balaban J connectivity index is 1.27. The molecule has 3 aliphatic heterocycles. The molecule has 12 heteroatoms. The Morgan fingerprint density at radius 2 is 2.21 bits per heavy atom. The average Bonchev–Trinajstić information content (AvgIpc) is 3.20. The lowest BCUT2D eigenvalue weighted by atomic mass is 10.2. The van der Waals surface area contributed by atoms with Gasteiger partial charge >= 0.3 is 0 Å². The highest BCUT2D eigenvalue weighted by Gasteiger charge is 2.40. The number of carbonyl (C=O) groups is 1. The van der Waals surface area contributed by atoms with Crippen molar-refractivity contribution in [2.45, 2.75) is 43.0 Å². The largest absolute Gasteiger partial charge is 0.328 e. The number of carbonyl (C=O) groups excluding carboxylic acids is 1. The van der Waals surface area contributed by atoms with Gasteiger partial charge in [-0.3, -0.25) is 20.3 Å². The van der Waals surface area contributed by atoms with Gasteiger partial charge in [-0.15, -0.1) is 11.6 Å². The zero-order chi connectivity index (χ0) is 23.2. The van der Waals surface area contributed by atoms with Crippen LogP contribution in [-0.4, -0.2) is 67.3 Å². The number of hydrogen-bond donors (Lipinski definition) is 3. The van der Waals surface area contributed by atoms with E-state index in [1.165, 1.54) is 31.2 Å². The van der Waals surface area contributed by atoms with E-state index in [2.05, 4.69) is 32.0 Å². The molecule has 0 spiro atoms. The molecule has 4 aliphatic rings. The summed E-state index contributed by atoms with van der Waals surface area (Å²) in [5, 5.41) is 12.0. The highest BCUT2D eigenvalue weighted by atomic mass is 35.5. The fourth-order valence-corrected chi connectivity index (χ4v) is 4.76. The Morgan fingerprint density at radius 1 is 1.32 bits per heavy atom. The van der Waals surface area contributed by atoms with Crippen molar-refractivity contribution < 1.29 is 9.18 Å². The van der Waals surface area contributed by atoms with E-state index in [0.29, 0.717) is 42.2 Å². The lowest BCUT2D eigenvalue weighted by molar-refractivity contribution is -0.119. The number of amidine groups is 1. The van der Waals surface area contributed by atoms with Crippen LogP contribution in [0, 0.1) is 5.95 Å². The third-order valence-electron chi connectivity index (χ3n) is 6.30. The van der Waals surface area contributed by atoms with Crippen LogP contribution < -0.4 is 10.7 Å². The molecule has 1 saturated carbocycles. The Labute approximate surface area is 200 Å². The molecule has 0 bridgehead atoms. The van der Waals surface area contributed by atoms with Gasteiger partial charge in [0.15, 0.2) is 11.7 Å². The Bertz CT molecular complexity index is 1200. The number of anilines is 1. The topological polar surface area (TPSA) is 114 Å².